The van der Waals surface area contributed by atoms with Crippen molar-refractivity contribution in [3.8, 4) is 0 Å². The van der Waals surface area contributed by atoms with Crippen molar-refractivity contribution in [3.05, 3.63) is 59.2 Å². The van der Waals surface area contributed by atoms with Crippen LogP contribution in [-0.2, 0) is 10.0 Å². The number of aryl methyl sites for hydroxylation is 2. The molecule has 0 aromatic heterocycles. The zero-order valence-electron chi connectivity index (χ0n) is 18.5. The highest BCUT2D eigenvalue weighted by Gasteiger charge is 2.17. The highest BCUT2D eigenvalue weighted by Crippen LogP contribution is 2.19. The van der Waals surface area contributed by atoms with Crippen LogP contribution in [0.15, 0.2) is 42.5 Å². The van der Waals surface area contributed by atoms with Gasteiger partial charge < -0.3 is 10.2 Å². The number of rotatable bonds is 8. The molecule has 2 aromatic rings. The Morgan fingerprint density at radius 2 is 1.77 bits per heavy atom. The van der Waals surface area contributed by atoms with Crippen LogP contribution in [-0.4, -0.2) is 64.7 Å². The predicted octanol–water partition coefficient (Wildman–Crippen LogP) is 2.62. The first-order valence-corrected chi connectivity index (χ1v) is 12.5. The first-order chi connectivity index (χ1) is 14.7. The van der Waals surface area contributed by atoms with Gasteiger partial charge >= 0.3 is 0 Å². The van der Waals surface area contributed by atoms with E-state index in [1.807, 2.05) is 0 Å². The molecule has 1 heterocycles. The molecule has 1 amide bonds. The van der Waals surface area contributed by atoms with Gasteiger partial charge in [-0.05, 0) is 62.2 Å². The molecule has 168 valence electrons. The monoisotopic (exact) mass is 444 g/mol. The van der Waals surface area contributed by atoms with Crippen LogP contribution in [0.2, 0.25) is 0 Å². The van der Waals surface area contributed by atoms with E-state index in [2.05, 4.69) is 51.0 Å². The smallest absolute Gasteiger partial charge is 0.251 e. The van der Waals surface area contributed by atoms with Crippen LogP contribution in [0.25, 0.3) is 0 Å². The van der Waals surface area contributed by atoms with E-state index in [1.54, 1.807) is 25.1 Å². The number of anilines is 2. The Bertz CT molecular complexity index is 1020. The molecular formula is C23H32N4O3S. The number of sulfonamides is 1. The topological polar surface area (TPSA) is 81.8 Å². The molecule has 2 N–H and O–H groups in total. The Labute approximate surface area is 185 Å². The number of nitrogens with zero attached hydrogens (tertiary/aromatic N) is 2. The Balaban J connectivity index is 1.41. The third kappa shape index (κ3) is 6.97. The van der Waals surface area contributed by atoms with Gasteiger partial charge in [0.15, 0.2) is 0 Å². The Morgan fingerprint density at radius 1 is 1.03 bits per heavy atom. The number of hydrogen-bond donors (Lipinski definition) is 2. The summed E-state index contributed by atoms with van der Waals surface area (Å²) < 4.78 is 25.4. The van der Waals surface area contributed by atoms with E-state index in [-0.39, 0.29) is 5.91 Å². The van der Waals surface area contributed by atoms with Crippen LogP contribution in [0.3, 0.4) is 0 Å². The van der Waals surface area contributed by atoms with E-state index in [4.69, 9.17) is 0 Å². The fourth-order valence-corrected chi connectivity index (χ4v) is 4.35. The van der Waals surface area contributed by atoms with Gasteiger partial charge in [0.1, 0.15) is 0 Å². The summed E-state index contributed by atoms with van der Waals surface area (Å²) in [5.41, 5.74) is 4.22. The second-order valence-electron chi connectivity index (χ2n) is 8.18. The molecule has 0 aliphatic carbocycles. The number of piperazine rings is 1. The van der Waals surface area contributed by atoms with E-state index in [9.17, 15) is 13.2 Å². The first kappa shape index (κ1) is 23.1. The number of benzene rings is 2. The maximum Gasteiger partial charge on any atom is 0.251 e. The summed E-state index contributed by atoms with van der Waals surface area (Å²) in [6.07, 6.45) is 1.97. The van der Waals surface area contributed by atoms with Crippen molar-refractivity contribution in [2.45, 2.75) is 20.3 Å². The average molecular weight is 445 g/mol. The molecule has 1 aliphatic rings. The molecule has 2 aromatic carbocycles. The highest BCUT2D eigenvalue weighted by atomic mass is 32.2. The van der Waals surface area contributed by atoms with Crippen LogP contribution in [0.5, 0.6) is 0 Å². The molecule has 31 heavy (non-hydrogen) atoms. The van der Waals surface area contributed by atoms with Crippen molar-refractivity contribution in [1.82, 2.24) is 10.2 Å². The lowest BCUT2D eigenvalue weighted by Gasteiger charge is -2.36. The van der Waals surface area contributed by atoms with Gasteiger partial charge in [-0.15, -0.1) is 0 Å². The molecule has 8 heteroatoms. The predicted molar refractivity (Wildman–Crippen MR) is 126 cm³/mol. The number of amides is 1. The zero-order chi connectivity index (χ0) is 22.4. The molecule has 0 bridgehead atoms. The van der Waals surface area contributed by atoms with Crippen molar-refractivity contribution in [2.24, 2.45) is 0 Å². The third-order valence-corrected chi connectivity index (χ3v) is 6.06. The number of carbonyl (C=O) groups is 1. The van der Waals surface area contributed by atoms with Gasteiger partial charge in [-0.2, -0.15) is 0 Å². The van der Waals surface area contributed by atoms with Gasteiger partial charge in [0, 0.05) is 44.0 Å². The number of hydrogen-bond acceptors (Lipinski definition) is 5. The van der Waals surface area contributed by atoms with E-state index < -0.39 is 10.0 Å². The lowest BCUT2D eigenvalue weighted by molar-refractivity contribution is 0.0951. The standard InChI is InChI=1S/C23H32N4O3S/c1-18-6-4-7-21(16-18)27-14-12-26(13-15-27)11-5-10-24-23(28)20-9-8-19(2)22(17-20)25-31(3,29)30/h4,6-9,16-17,25H,5,10-15H2,1-3H3,(H,24,28). The van der Waals surface area contributed by atoms with Crippen molar-refractivity contribution in [2.75, 3.05) is 55.1 Å². The molecule has 0 spiro atoms. The minimum absolute atomic E-state index is 0.194. The summed E-state index contributed by atoms with van der Waals surface area (Å²) in [6.45, 7) is 9.49. The van der Waals surface area contributed by atoms with E-state index in [1.165, 1.54) is 11.3 Å². The molecule has 0 radical (unpaired) electrons. The summed E-state index contributed by atoms with van der Waals surface area (Å²) in [7, 11) is -3.39. The second kappa shape index (κ2) is 10.2. The molecule has 3 rings (SSSR count). The Kier molecular flexibility index (Phi) is 7.56. The summed E-state index contributed by atoms with van der Waals surface area (Å²) >= 11 is 0. The van der Waals surface area contributed by atoms with Gasteiger partial charge in [0.25, 0.3) is 5.91 Å². The van der Waals surface area contributed by atoms with Crippen LogP contribution in [0.4, 0.5) is 11.4 Å². The molecular weight excluding hydrogens is 412 g/mol. The van der Waals surface area contributed by atoms with Crippen LogP contribution < -0.4 is 14.9 Å². The number of carbonyl (C=O) groups excluding carboxylic acids is 1. The molecule has 7 nitrogen and oxygen atoms in total. The molecule has 0 unspecified atom stereocenters. The minimum Gasteiger partial charge on any atom is -0.369 e. The normalized spacial score (nSPS) is 15.0. The van der Waals surface area contributed by atoms with E-state index in [0.29, 0.717) is 17.8 Å². The van der Waals surface area contributed by atoms with Crippen molar-refractivity contribution in [3.63, 3.8) is 0 Å². The van der Waals surface area contributed by atoms with Crippen molar-refractivity contribution in [1.29, 1.82) is 0 Å². The fraction of sp³-hybridized carbons (Fsp3) is 0.435. The first-order valence-electron chi connectivity index (χ1n) is 10.6. The van der Waals surface area contributed by atoms with Crippen LogP contribution >= 0.6 is 0 Å². The zero-order valence-corrected chi connectivity index (χ0v) is 19.3. The molecule has 1 aliphatic heterocycles. The van der Waals surface area contributed by atoms with Crippen LogP contribution in [0, 0.1) is 13.8 Å². The van der Waals surface area contributed by atoms with Gasteiger partial charge in [0.2, 0.25) is 10.0 Å². The lowest BCUT2D eigenvalue weighted by Crippen LogP contribution is -2.47. The minimum atomic E-state index is -3.39. The summed E-state index contributed by atoms with van der Waals surface area (Å²) in [4.78, 5) is 17.3. The lowest BCUT2D eigenvalue weighted by atomic mass is 10.1. The van der Waals surface area contributed by atoms with Gasteiger partial charge in [-0.25, -0.2) is 8.42 Å². The Hall–Kier alpha value is -2.58. The van der Waals surface area contributed by atoms with E-state index >= 15 is 0 Å². The van der Waals surface area contributed by atoms with Gasteiger partial charge in [0.05, 0.1) is 11.9 Å². The van der Waals surface area contributed by atoms with Crippen molar-refractivity contribution < 1.29 is 13.2 Å². The van der Waals surface area contributed by atoms with Gasteiger partial charge in [-0.3, -0.25) is 14.4 Å². The summed E-state index contributed by atoms with van der Waals surface area (Å²) in [5.74, 6) is -0.194. The van der Waals surface area contributed by atoms with E-state index in [0.717, 1.165) is 51.0 Å². The summed E-state index contributed by atoms with van der Waals surface area (Å²) in [5, 5.41) is 2.94. The average Bonchev–Trinajstić information content (AvgIpc) is 2.72. The molecule has 0 saturated carbocycles. The Morgan fingerprint density at radius 3 is 2.45 bits per heavy atom. The second-order valence-corrected chi connectivity index (χ2v) is 9.93. The molecule has 1 saturated heterocycles. The highest BCUT2D eigenvalue weighted by molar-refractivity contribution is 7.92. The van der Waals surface area contributed by atoms with Crippen LogP contribution in [0.1, 0.15) is 27.9 Å². The SMILES string of the molecule is Cc1cccc(N2CCN(CCCNC(=O)c3ccc(C)c(NS(C)(=O)=O)c3)CC2)c1. The maximum atomic E-state index is 12.4. The van der Waals surface area contributed by atoms with Crippen molar-refractivity contribution >= 4 is 27.3 Å². The molecule has 0 atom stereocenters. The summed E-state index contributed by atoms with van der Waals surface area (Å²) in [6, 6.07) is 13.7. The number of nitrogens with one attached hydrogen (secondary N) is 2. The maximum absolute atomic E-state index is 12.4. The quantitative estimate of drug-likeness (QED) is 0.612. The fourth-order valence-electron chi connectivity index (χ4n) is 3.73. The third-order valence-electron chi connectivity index (χ3n) is 5.47. The largest absolute Gasteiger partial charge is 0.369 e. The molecule has 1 fully saturated rings. The van der Waals surface area contributed by atoms with Gasteiger partial charge in [-0.1, -0.05) is 18.2 Å².